The van der Waals surface area contributed by atoms with Crippen molar-refractivity contribution in [2.24, 2.45) is 9.98 Å². The van der Waals surface area contributed by atoms with Crippen LogP contribution in [0.4, 0.5) is 11.4 Å². The predicted molar refractivity (Wildman–Crippen MR) is 272 cm³/mol. The number of benzene rings is 4. The average molecular weight is 980 g/mol. The minimum Gasteiger partial charge on any atom is -0.545 e. The molecule has 4 N–H and O–H groups in total. The molecule has 0 aliphatic rings. The first-order valence-corrected chi connectivity index (χ1v) is 25.1. The molecule has 0 aliphatic heterocycles. The van der Waals surface area contributed by atoms with Gasteiger partial charge in [0.1, 0.15) is 0 Å². The molecule has 0 heterocycles. The number of phenols is 4. The maximum absolute atomic E-state index is 10.8. The number of phenolic OH excluding ortho intramolecular Hbond substituents is 2. The topological polar surface area (TPSA) is 186 Å². The van der Waals surface area contributed by atoms with E-state index in [1.807, 2.05) is 13.8 Å². The van der Waals surface area contributed by atoms with E-state index in [1.165, 1.54) is 109 Å². The molecule has 0 saturated carbocycles. The van der Waals surface area contributed by atoms with Gasteiger partial charge >= 0.3 is 16.5 Å². The van der Waals surface area contributed by atoms with Crippen LogP contribution in [0.2, 0.25) is 0 Å². The van der Waals surface area contributed by atoms with Gasteiger partial charge in [-0.05, 0) is 147 Å². The number of unbranched alkanes of at least 4 members (excludes halogenated alkanes) is 5. The van der Waals surface area contributed by atoms with Crippen LogP contribution in [-0.4, -0.2) is 43.8 Å². The monoisotopic (exact) mass is 979 g/mol. The van der Waals surface area contributed by atoms with E-state index in [1.54, 1.807) is 0 Å². The van der Waals surface area contributed by atoms with Gasteiger partial charge in [-0.3, -0.25) is 9.98 Å². The Bertz CT molecular complexity index is 2080. The van der Waals surface area contributed by atoms with Crippen LogP contribution >= 0.6 is 0 Å². The van der Waals surface area contributed by atoms with Crippen molar-refractivity contribution in [2.45, 2.75) is 190 Å². The van der Waals surface area contributed by atoms with Crippen LogP contribution < -0.4 is 10.2 Å². The summed E-state index contributed by atoms with van der Waals surface area (Å²) in [6.07, 6.45) is 21.7. The van der Waals surface area contributed by atoms with Crippen molar-refractivity contribution < 1.29 is 56.7 Å². The second-order valence-electron chi connectivity index (χ2n) is 17.4. The quantitative estimate of drug-likeness (QED) is 0.0207. The van der Waals surface area contributed by atoms with Gasteiger partial charge in [-0.25, -0.2) is 0 Å². The van der Waals surface area contributed by atoms with Gasteiger partial charge in [-0.1, -0.05) is 137 Å². The Balaban J connectivity index is 0.000000609. The molecule has 0 amide bonds. The van der Waals surface area contributed by atoms with Gasteiger partial charge < -0.3 is 40.2 Å². The van der Waals surface area contributed by atoms with Gasteiger partial charge in [0.05, 0.1) is 34.7 Å². The fourth-order valence-corrected chi connectivity index (χ4v) is 7.93. The number of aromatic hydroxyl groups is 4. The molecule has 376 valence electrons. The summed E-state index contributed by atoms with van der Waals surface area (Å²) in [4.78, 5) is 32.3. The van der Waals surface area contributed by atoms with E-state index in [0.29, 0.717) is 24.0 Å². The zero-order valence-electron chi connectivity index (χ0n) is 42.3. The molecule has 0 aromatic heterocycles. The van der Waals surface area contributed by atoms with Crippen LogP contribution in [0, 0.1) is 0 Å². The second-order valence-corrected chi connectivity index (χ2v) is 17.4. The van der Waals surface area contributed by atoms with E-state index < -0.39 is 34.9 Å². The summed E-state index contributed by atoms with van der Waals surface area (Å²) in [7, 11) is 0. The van der Waals surface area contributed by atoms with Crippen molar-refractivity contribution >= 4 is 34.7 Å². The summed E-state index contributed by atoms with van der Waals surface area (Å²) in [6.45, 7) is 17.6. The Morgan fingerprint density at radius 1 is 0.426 bits per heavy atom. The van der Waals surface area contributed by atoms with Crippen molar-refractivity contribution in [3.63, 3.8) is 0 Å². The SMILES string of the molecule is CCCCCC(=Nc1cc(CCC)cc(CCC)c1)C(CCCC)=Nc1cc(CCC)cc(CCC)c1.CCCCc1ccc(O)c(O)c1C(=O)[O-].CCCCc1ccc(O)c(O)c1C(=O)[O-].[Ni+2]. The summed E-state index contributed by atoms with van der Waals surface area (Å²) < 4.78 is 0. The molecule has 0 saturated heterocycles. The molecular formula is C57H80N2NiO8. The number of carboxylic acids is 2. The van der Waals surface area contributed by atoms with Crippen LogP contribution in [0.3, 0.4) is 0 Å². The maximum atomic E-state index is 10.8. The summed E-state index contributed by atoms with van der Waals surface area (Å²) in [6, 6.07) is 19.6. The number of aromatic carboxylic acids is 2. The second kappa shape index (κ2) is 34.2. The molecule has 0 radical (unpaired) electrons. The number of hydrogen-bond donors (Lipinski definition) is 4. The third-order valence-corrected chi connectivity index (χ3v) is 11.4. The van der Waals surface area contributed by atoms with Gasteiger partial charge in [0.25, 0.3) is 0 Å². The summed E-state index contributed by atoms with van der Waals surface area (Å²) in [5.41, 5.74) is 10.7. The number of carbonyl (C=O) groups excluding carboxylic acids is 2. The van der Waals surface area contributed by atoms with E-state index in [4.69, 9.17) is 20.2 Å². The van der Waals surface area contributed by atoms with Crippen molar-refractivity contribution in [3.05, 3.63) is 105 Å². The number of hydrogen-bond acceptors (Lipinski definition) is 10. The summed E-state index contributed by atoms with van der Waals surface area (Å²) in [5.74, 6) is -5.01. The first-order chi connectivity index (χ1) is 32.2. The van der Waals surface area contributed by atoms with Crippen molar-refractivity contribution in [3.8, 4) is 23.0 Å². The van der Waals surface area contributed by atoms with Crippen molar-refractivity contribution in [2.75, 3.05) is 0 Å². The minimum atomic E-state index is -1.46. The third kappa shape index (κ3) is 21.0. The molecule has 0 atom stereocenters. The molecule has 0 fully saturated rings. The van der Waals surface area contributed by atoms with Crippen LogP contribution in [0.15, 0.2) is 70.6 Å². The fraction of sp³-hybridized carbons (Fsp3) is 0.509. The van der Waals surface area contributed by atoms with E-state index in [2.05, 4.69) is 77.9 Å². The van der Waals surface area contributed by atoms with E-state index in [9.17, 15) is 30.0 Å². The third-order valence-electron chi connectivity index (χ3n) is 11.4. The van der Waals surface area contributed by atoms with E-state index in [0.717, 1.165) is 82.0 Å². The first-order valence-electron chi connectivity index (χ1n) is 25.1. The smallest absolute Gasteiger partial charge is 0.545 e. The number of aryl methyl sites for hydroxylation is 6. The number of rotatable bonds is 26. The van der Waals surface area contributed by atoms with Gasteiger partial charge in [-0.2, -0.15) is 0 Å². The van der Waals surface area contributed by atoms with Gasteiger partial charge in [0.2, 0.25) is 0 Å². The van der Waals surface area contributed by atoms with Gasteiger partial charge in [0, 0.05) is 11.1 Å². The largest absolute Gasteiger partial charge is 2.00 e. The van der Waals surface area contributed by atoms with E-state index >= 15 is 0 Å². The zero-order valence-corrected chi connectivity index (χ0v) is 43.2. The molecule has 68 heavy (non-hydrogen) atoms. The number of carboxylic acid groups (broad SMARTS) is 2. The Morgan fingerprint density at radius 3 is 1.04 bits per heavy atom. The normalized spacial score (nSPS) is 11.2. The Morgan fingerprint density at radius 2 is 0.750 bits per heavy atom. The van der Waals surface area contributed by atoms with Crippen molar-refractivity contribution in [1.29, 1.82) is 0 Å². The molecule has 0 spiro atoms. The Labute approximate surface area is 418 Å². The van der Waals surface area contributed by atoms with Crippen molar-refractivity contribution in [1.82, 2.24) is 0 Å². The summed E-state index contributed by atoms with van der Waals surface area (Å²) in [5, 5.41) is 58.6. The fourth-order valence-electron chi connectivity index (χ4n) is 7.93. The number of nitrogens with zero attached hydrogens (tertiary/aromatic N) is 2. The Kier molecular flexibility index (Phi) is 30.6. The van der Waals surface area contributed by atoms with Crippen LogP contribution in [0.5, 0.6) is 23.0 Å². The molecule has 0 bridgehead atoms. The number of aliphatic imine (C=N–C) groups is 2. The molecule has 10 nitrogen and oxygen atoms in total. The standard InChI is InChI=1S/C35H54N2.2C11H14O4.Ni/c1-7-13-15-21-35(37-33-26-30(18-11-5)23-31(27-33)19-12-6)34(20-14-8-2)36-32-24-28(16-9-3)22-29(25-32)17-10-4;2*1-2-3-4-7-5-6-8(12)10(13)9(7)11(14)15;/h22-27H,7-21H2,1-6H3;2*5-6,12-13H,2-4H2,1H3,(H,14,15);/q;;;+2/p-2. The summed E-state index contributed by atoms with van der Waals surface area (Å²) >= 11 is 0. The average Bonchev–Trinajstić information content (AvgIpc) is 3.29. The maximum Gasteiger partial charge on any atom is 2.00 e. The first kappa shape index (κ1) is 60.9. The molecule has 4 aromatic carbocycles. The molecule has 4 rings (SSSR count). The van der Waals surface area contributed by atoms with Gasteiger partial charge in [-0.15, -0.1) is 0 Å². The molecular weight excluding hydrogens is 899 g/mol. The van der Waals surface area contributed by atoms with Crippen LogP contribution in [-0.2, 0) is 55.0 Å². The minimum absolute atomic E-state index is 0. The van der Waals surface area contributed by atoms with E-state index in [-0.39, 0.29) is 27.6 Å². The molecule has 11 heteroatoms. The van der Waals surface area contributed by atoms with Gasteiger partial charge in [0.15, 0.2) is 23.0 Å². The molecule has 0 unspecified atom stereocenters. The van der Waals surface area contributed by atoms with Crippen LogP contribution in [0.1, 0.15) is 206 Å². The van der Waals surface area contributed by atoms with Crippen LogP contribution in [0.25, 0.3) is 0 Å². The molecule has 0 aliphatic carbocycles. The zero-order chi connectivity index (χ0) is 49.7. The molecule has 4 aromatic rings. The Hall–Kier alpha value is -5.15. The number of carbonyl (C=O) groups is 2. The predicted octanol–water partition coefficient (Wildman–Crippen LogP) is 12.7.